The molecule has 1 aromatic rings. The summed E-state index contributed by atoms with van der Waals surface area (Å²) >= 11 is 0. The van der Waals surface area contributed by atoms with Gasteiger partial charge >= 0.3 is 0 Å². The number of likely N-dealkylation sites (tertiary alicyclic amines) is 1. The average molecular weight is 316 g/mol. The molecule has 0 aromatic carbocycles. The van der Waals surface area contributed by atoms with Gasteiger partial charge in [-0.15, -0.1) is 0 Å². The maximum Gasteiger partial charge on any atom is 0.249 e. The molecule has 3 heterocycles. The van der Waals surface area contributed by atoms with E-state index in [1.165, 1.54) is 0 Å². The van der Waals surface area contributed by atoms with Crippen molar-refractivity contribution in [1.29, 1.82) is 0 Å². The van der Waals surface area contributed by atoms with Crippen molar-refractivity contribution in [3.05, 3.63) is 35.8 Å². The van der Waals surface area contributed by atoms with E-state index in [0.29, 0.717) is 5.92 Å². The van der Waals surface area contributed by atoms with E-state index >= 15 is 0 Å². The summed E-state index contributed by atoms with van der Waals surface area (Å²) in [6.07, 6.45) is 7.13. The van der Waals surface area contributed by atoms with Crippen LogP contribution in [0.4, 0.5) is 0 Å². The fourth-order valence-corrected chi connectivity index (χ4v) is 3.96. The van der Waals surface area contributed by atoms with E-state index in [9.17, 15) is 4.79 Å². The minimum absolute atomic E-state index is 0.183. The summed E-state index contributed by atoms with van der Waals surface area (Å²) < 4.78 is 11.5. The van der Waals surface area contributed by atoms with Crippen molar-refractivity contribution in [2.45, 2.75) is 31.9 Å². The number of hydrogen-bond acceptors (Lipinski definition) is 4. The Balaban J connectivity index is 1.39. The zero-order valence-corrected chi connectivity index (χ0v) is 13.4. The number of hydrogen-bond donors (Lipinski definition) is 0. The highest BCUT2D eigenvalue weighted by molar-refractivity contribution is 5.94. The van der Waals surface area contributed by atoms with Gasteiger partial charge in [0.25, 0.3) is 0 Å². The van der Waals surface area contributed by atoms with E-state index < -0.39 is 0 Å². The van der Waals surface area contributed by atoms with Crippen LogP contribution in [0.2, 0.25) is 0 Å². The molecule has 0 N–H and O–H groups in total. The number of carbonyl (C=O) groups excluding carboxylic acids is 1. The van der Waals surface area contributed by atoms with Crippen LogP contribution in [0.25, 0.3) is 0 Å². The third-order valence-corrected chi connectivity index (χ3v) is 5.18. The molecule has 124 valence electrons. The highest BCUT2D eigenvalue weighted by atomic mass is 16.5. The molecule has 2 atom stereocenters. The first-order chi connectivity index (χ1) is 11.3. The molecule has 0 radical (unpaired) electrons. The topological polar surface area (TPSA) is 45.9 Å². The lowest BCUT2D eigenvalue weighted by atomic mass is 10.1. The zero-order chi connectivity index (χ0) is 15.6. The highest BCUT2D eigenvalue weighted by Crippen LogP contribution is 2.28. The quantitative estimate of drug-likeness (QED) is 0.856. The molecule has 2 aliphatic heterocycles. The van der Waals surface area contributed by atoms with Crippen molar-refractivity contribution in [3.63, 3.8) is 0 Å². The minimum atomic E-state index is 0.183. The Kier molecular flexibility index (Phi) is 4.23. The number of ether oxygens (including phenoxy) is 1. The van der Waals surface area contributed by atoms with Gasteiger partial charge in [-0.05, 0) is 31.4 Å². The van der Waals surface area contributed by atoms with Gasteiger partial charge < -0.3 is 14.1 Å². The monoisotopic (exact) mass is 316 g/mol. The predicted molar refractivity (Wildman–Crippen MR) is 85.7 cm³/mol. The van der Waals surface area contributed by atoms with Crippen molar-refractivity contribution in [1.82, 2.24) is 9.80 Å². The summed E-state index contributed by atoms with van der Waals surface area (Å²) in [5, 5.41) is 0. The van der Waals surface area contributed by atoms with E-state index in [0.717, 1.165) is 69.9 Å². The SMILES string of the molecule is O=C(C1=CCCC1)N1C[C@@H]2CN(Cc3ccco3)CCO[C@@H]2C1. The summed E-state index contributed by atoms with van der Waals surface area (Å²) in [6.45, 7) is 5.00. The fourth-order valence-electron chi connectivity index (χ4n) is 3.96. The molecular weight excluding hydrogens is 292 g/mol. The Morgan fingerprint density at radius 3 is 3.04 bits per heavy atom. The third-order valence-electron chi connectivity index (χ3n) is 5.18. The summed E-state index contributed by atoms with van der Waals surface area (Å²) in [7, 11) is 0. The van der Waals surface area contributed by atoms with Gasteiger partial charge in [-0.25, -0.2) is 0 Å². The van der Waals surface area contributed by atoms with Crippen LogP contribution in [-0.4, -0.2) is 54.6 Å². The number of rotatable bonds is 3. The molecule has 0 bridgehead atoms. The Morgan fingerprint density at radius 1 is 1.30 bits per heavy atom. The van der Waals surface area contributed by atoms with Gasteiger partial charge in [0.2, 0.25) is 5.91 Å². The van der Waals surface area contributed by atoms with Gasteiger partial charge in [-0.2, -0.15) is 0 Å². The number of nitrogens with zero attached hydrogens (tertiary/aromatic N) is 2. The van der Waals surface area contributed by atoms with Crippen LogP contribution in [-0.2, 0) is 16.1 Å². The van der Waals surface area contributed by atoms with Gasteiger partial charge in [0.05, 0.1) is 25.5 Å². The number of furan rings is 1. The van der Waals surface area contributed by atoms with Gasteiger partial charge in [-0.3, -0.25) is 9.69 Å². The van der Waals surface area contributed by atoms with Crippen molar-refractivity contribution in [2.24, 2.45) is 5.92 Å². The molecule has 0 saturated carbocycles. The van der Waals surface area contributed by atoms with Gasteiger partial charge in [-0.1, -0.05) is 6.08 Å². The second kappa shape index (κ2) is 6.49. The number of amides is 1. The first-order valence-corrected chi connectivity index (χ1v) is 8.64. The normalized spacial score (nSPS) is 28.5. The lowest BCUT2D eigenvalue weighted by Crippen LogP contribution is -2.34. The van der Waals surface area contributed by atoms with Gasteiger partial charge in [0.1, 0.15) is 5.76 Å². The number of allylic oxidation sites excluding steroid dienone is 1. The second-order valence-corrected chi connectivity index (χ2v) is 6.82. The first-order valence-electron chi connectivity index (χ1n) is 8.64. The van der Waals surface area contributed by atoms with Gasteiger partial charge in [0.15, 0.2) is 0 Å². The molecule has 5 nitrogen and oxygen atoms in total. The molecule has 3 aliphatic rings. The van der Waals surface area contributed by atoms with Crippen molar-refractivity contribution >= 4 is 5.91 Å². The average Bonchev–Trinajstić information content (AvgIpc) is 3.28. The summed E-state index contributed by atoms with van der Waals surface area (Å²) in [5.74, 6) is 1.63. The molecule has 5 heteroatoms. The van der Waals surface area contributed by atoms with E-state index in [2.05, 4.69) is 11.0 Å². The maximum absolute atomic E-state index is 12.6. The molecule has 0 spiro atoms. The fraction of sp³-hybridized carbons (Fsp3) is 0.611. The summed E-state index contributed by atoms with van der Waals surface area (Å²) in [5.41, 5.74) is 1.01. The smallest absolute Gasteiger partial charge is 0.249 e. The van der Waals surface area contributed by atoms with Crippen LogP contribution in [0.1, 0.15) is 25.0 Å². The summed E-state index contributed by atoms with van der Waals surface area (Å²) in [6, 6.07) is 3.94. The Morgan fingerprint density at radius 2 is 2.26 bits per heavy atom. The van der Waals surface area contributed by atoms with E-state index in [1.54, 1.807) is 6.26 Å². The summed E-state index contributed by atoms with van der Waals surface area (Å²) in [4.78, 5) is 17.0. The highest BCUT2D eigenvalue weighted by Gasteiger charge is 2.39. The van der Waals surface area contributed by atoms with Crippen molar-refractivity contribution in [3.8, 4) is 0 Å². The molecule has 1 aliphatic carbocycles. The van der Waals surface area contributed by atoms with Crippen molar-refractivity contribution < 1.29 is 13.9 Å². The maximum atomic E-state index is 12.6. The van der Waals surface area contributed by atoms with Crippen LogP contribution in [0.15, 0.2) is 34.5 Å². The van der Waals surface area contributed by atoms with E-state index in [1.807, 2.05) is 17.0 Å². The van der Waals surface area contributed by atoms with E-state index in [4.69, 9.17) is 9.15 Å². The molecule has 2 fully saturated rings. The molecule has 1 aromatic heterocycles. The lowest BCUT2D eigenvalue weighted by molar-refractivity contribution is -0.126. The van der Waals surface area contributed by atoms with Crippen LogP contribution < -0.4 is 0 Å². The lowest BCUT2D eigenvalue weighted by Gasteiger charge is -2.22. The van der Waals surface area contributed by atoms with Crippen LogP contribution >= 0.6 is 0 Å². The third kappa shape index (κ3) is 3.21. The predicted octanol–water partition coefficient (Wildman–Crippen LogP) is 2.05. The minimum Gasteiger partial charge on any atom is -0.468 e. The Bertz CT molecular complexity index is 581. The molecule has 2 saturated heterocycles. The Hall–Kier alpha value is -1.59. The molecule has 23 heavy (non-hydrogen) atoms. The molecular formula is C18H24N2O3. The molecule has 4 rings (SSSR count). The first kappa shape index (κ1) is 15.0. The second-order valence-electron chi connectivity index (χ2n) is 6.82. The molecule has 0 unspecified atom stereocenters. The van der Waals surface area contributed by atoms with Crippen molar-refractivity contribution in [2.75, 3.05) is 32.8 Å². The van der Waals surface area contributed by atoms with Crippen LogP contribution in [0, 0.1) is 5.92 Å². The van der Waals surface area contributed by atoms with E-state index in [-0.39, 0.29) is 12.0 Å². The number of carbonyl (C=O) groups is 1. The Labute approximate surface area is 136 Å². The number of fused-ring (bicyclic) bond motifs is 1. The van der Waals surface area contributed by atoms with Crippen LogP contribution in [0.3, 0.4) is 0 Å². The molecule has 1 amide bonds. The van der Waals surface area contributed by atoms with Gasteiger partial charge in [0, 0.05) is 37.7 Å². The van der Waals surface area contributed by atoms with Crippen LogP contribution in [0.5, 0.6) is 0 Å². The standard InChI is InChI=1S/C18H24N2O3/c21-18(14-4-1-2-5-14)20-11-15-10-19(7-9-23-17(15)13-20)12-16-6-3-8-22-16/h3-4,6,8,15,17H,1-2,5,7,9-13H2/t15-,17+/m0/s1. The zero-order valence-electron chi connectivity index (χ0n) is 13.4. The largest absolute Gasteiger partial charge is 0.468 e.